The van der Waals surface area contributed by atoms with Gasteiger partial charge in [0.05, 0.1) is 0 Å². The second-order valence-electron chi connectivity index (χ2n) is 6.02. The van der Waals surface area contributed by atoms with E-state index in [9.17, 15) is 9.59 Å². The number of hydrogen-bond acceptors (Lipinski definition) is 4. The molecular weight excluding hydrogens is 292 g/mol. The molecule has 23 heavy (non-hydrogen) atoms. The molecule has 0 atom stereocenters. The molecule has 4 nitrogen and oxygen atoms in total. The molecule has 3 rings (SSSR count). The van der Waals surface area contributed by atoms with Crippen LogP contribution in [0.4, 0.5) is 0 Å². The molecule has 0 radical (unpaired) electrons. The summed E-state index contributed by atoms with van der Waals surface area (Å²) < 4.78 is 10.6. The summed E-state index contributed by atoms with van der Waals surface area (Å²) in [5.41, 5.74) is 1.75. The van der Waals surface area contributed by atoms with Gasteiger partial charge in [0, 0.05) is 19.8 Å². The summed E-state index contributed by atoms with van der Waals surface area (Å²) in [7, 11) is 0. The number of carbonyl (C=O) groups is 2. The lowest BCUT2D eigenvalue weighted by molar-refractivity contribution is -0.240. The Labute approximate surface area is 135 Å². The first-order valence-electron chi connectivity index (χ1n) is 7.53. The Bertz CT molecular complexity index is 647. The third-order valence-corrected chi connectivity index (χ3v) is 3.85. The maximum atomic E-state index is 12.5. The van der Waals surface area contributed by atoms with Gasteiger partial charge in [0.25, 0.3) is 5.79 Å². The van der Waals surface area contributed by atoms with Crippen molar-refractivity contribution in [3.63, 3.8) is 0 Å². The number of benzene rings is 2. The highest BCUT2D eigenvalue weighted by atomic mass is 16.7. The minimum atomic E-state index is -1.22. The highest BCUT2D eigenvalue weighted by Gasteiger charge is 2.48. The van der Waals surface area contributed by atoms with Gasteiger partial charge in [0.2, 0.25) is 0 Å². The number of cyclic esters (lactones) is 2. The van der Waals surface area contributed by atoms with Crippen molar-refractivity contribution in [3.05, 3.63) is 71.8 Å². The van der Waals surface area contributed by atoms with Crippen molar-refractivity contribution in [1.29, 1.82) is 0 Å². The summed E-state index contributed by atoms with van der Waals surface area (Å²) in [6, 6.07) is 18.9. The van der Waals surface area contributed by atoms with Crippen molar-refractivity contribution in [2.24, 2.45) is 5.92 Å². The molecule has 1 fully saturated rings. The van der Waals surface area contributed by atoms with E-state index in [1.54, 1.807) is 13.8 Å². The Kier molecular flexibility index (Phi) is 3.90. The lowest BCUT2D eigenvalue weighted by Crippen LogP contribution is -2.48. The third kappa shape index (κ3) is 3.11. The van der Waals surface area contributed by atoms with E-state index >= 15 is 0 Å². The van der Waals surface area contributed by atoms with Crippen molar-refractivity contribution in [3.8, 4) is 0 Å². The summed E-state index contributed by atoms with van der Waals surface area (Å²) in [5.74, 6) is -3.77. The van der Waals surface area contributed by atoms with Gasteiger partial charge in [-0.05, 0) is 11.1 Å². The number of esters is 2. The van der Waals surface area contributed by atoms with Crippen molar-refractivity contribution in [2.75, 3.05) is 0 Å². The van der Waals surface area contributed by atoms with Crippen LogP contribution >= 0.6 is 0 Å². The molecule has 0 aromatic heterocycles. The fourth-order valence-corrected chi connectivity index (χ4v) is 2.90. The first-order valence-corrected chi connectivity index (χ1v) is 7.53. The summed E-state index contributed by atoms with van der Waals surface area (Å²) >= 11 is 0. The Morgan fingerprint density at radius 1 is 0.783 bits per heavy atom. The summed E-state index contributed by atoms with van der Waals surface area (Å²) in [6.07, 6.45) is 0. The number of hydrogen-bond donors (Lipinski definition) is 0. The molecule has 0 unspecified atom stereocenters. The molecular formula is C19H18O4. The van der Waals surface area contributed by atoms with Gasteiger partial charge < -0.3 is 9.47 Å². The molecule has 118 valence electrons. The first kappa shape index (κ1) is 15.3. The van der Waals surface area contributed by atoms with Gasteiger partial charge in [0.1, 0.15) is 0 Å². The molecule has 4 heteroatoms. The van der Waals surface area contributed by atoms with Crippen LogP contribution in [0.5, 0.6) is 0 Å². The molecule has 0 amide bonds. The zero-order valence-corrected chi connectivity index (χ0v) is 13.1. The van der Waals surface area contributed by atoms with Gasteiger partial charge in [-0.2, -0.15) is 0 Å². The van der Waals surface area contributed by atoms with Crippen LogP contribution in [0.3, 0.4) is 0 Å². The first-order chi connectivity index (χ1) is 11.0. The second kappa shape index (κ2) is 5.88. The van der Waals surface area contributed by atoms with E-state index in [0.717, 1.165) is 11.1 Å². The number of ether oxygens (including phenoxy) is 2. The molecule has 1 aliphatic heterocycles. The molecule has 0 aliphatic carbocycles. The van der Waals surface area contributed by atoms with Crippen molar-refractivity contribution < 1.29 is 19.1 Å². The molecule has 1 saturated heterocycles. The van der Waals surface area contributed by atoms with Gasteiger partial charge in [-0.1, -0.05) is 60.7 Å². The predicted molar refractivity (Wildman–Crippen MR) is 84.5 cm³/mol. The van der Waals surface area contributed by atoms with Crippen molar-refractivity contribution in [2.45, 2.75) is 25.6 Å². The minimum absolute atomic E-state index is 0.437. The van der Waals surface area contributed by atoms with Crippen LogP contribution in [0.1, 0.15) is 30.9 Å². The van der Waals surface area contributed by atoms with E-state index in [0.29, 0.717) is 0 Å². The lowest BCUT2D eigenvalue weighted by Gasteiger charge is -2.36. The van der Waals surface area contributed by atoms with Crippen LogP contribution in [0.25, 0.3) is 0 Å². The highest BCUT2D eigenvalue weighted by Crippen LogP contribution is 2.37. The zero-order valence-electron chi connectivity index (χ0n) is 13.1. The van der Waals surface area contributed by atoms with Gasteiger partial charge in [-0.25, -0.2) is 0 Å². The number of carbonyl (C=O) groups excluding carboxylic acids is 2. The molecule has 1 heterocycles. The average Bonchev–Trinajstić information content (AvgIpc) is 2.51. The zero-order chi connectivity index (χ0) is 16.4. The van der Waals surface area contributed by atoms with Gasteiger partial charge in [-0.15, -0.1) is 0 Å². The van der Waals surface area contributed by atoms with Crippen LogP contribution in [0.15, 0.2) is 60.7 Å². The van der Waals surface area contributed by atoms with Crippen LogP contribution in [-0.2, 0) is 19.1 Å². The molecule has 0 bridgehead atoms. The summed E-state index contributed by atoms with van der Waals surface area (Å²) in [5, 5.41) is 0. The third-order valence-electron chi connectivity index (χ3n) is 3.85. The highest BCUT2D eigenvalue weighted by molar-refractivity contribution is 5.98. The second-order valence-corrected chi connectivity index (χ2v) is 6.02. The van der Waals surface area contributed by atoms with Crippen molar-refractivity contribution in [1.82, 2.24) is 0 Å². The molecule has 2 aromatic carbocycles. The van der Waals surface area contributed by atoms with Crippen molar-refractivity contribution >= 4 is 11.9 Å². The van der Waals surface area contributed by atoms with E-state index in [1.165, 1.54) is 0 Å². The van der Waals surface area contributed by atoms with E-state index < -0.39 is 29.6 Å². The maximum Gasteiger partial charge on any atom is 0.324 e. The average molecular weight is 310 g/mol. The SMILES string of the molecule is CC1(C)OC(=O)C(C(c2ccccc2)c2ccccc2)C(=O)O1. The van der Waals surface area contributed by atoms with Crippen LogP contribution < -0.4 is 0 Å². The normalized spacial score (nSPS) is 17.7. The van der Waals surface area contributed by atoms with Crippen LogP contribution in [0.2, 0.25) is 0 Å². The molecule has 0 saturated carbocycles. The topological polar surface area (TPSA) is 52.6 Å². The molecule has 0 N–H and O–H groups in total. The predicted octanol–water partition coefficient (Wildman–Crippen LogP) is 3.27. The molecule has 1 aliphatic rings. The van der Waals surface area contributed by atoms with E-state index in [-0.39, 0.29) is 0 Å². The van der Waals surface area contributed by atoms with E-state index in [1.807, 2.05) is 60.7 Å². The van der Waals surface area contributed by atoms with Crippen LogP contribution in [-0.4, -0.2) is 17.7 Å². The molecule has 2 aromatic rings. The molecule has 0 spiro atoms. The lowest BCUT2D eigenvalue weighted by atomic mass is 9.80. The Balaban J connectivity index is 2.06. The van der Waals surface area contributed by atoms with Gasteiger partial charge >= 0.3 is 11.9 Å². The van der Waals surface area contributed by atoms with Gasteiger partial charge in [0.15, 0.2) is 5.92 Å². The maximum absolute atomic E-state index is 12.5. The fourth-order valence-electron chi connectivity index (χ4n) is 2.90. The largest absolute Gasteiger partial charge is 0.422 e. The summed E-state index contributed by atoms with van der Waals surface area (Å²) in [4.78, 5) is 25.0. The minimum Gasteiger partial charge on any atom is -0.422 e. The fraction of sp³-hybridized carbons (Fsp3) is 0.263. The quantitative estimate of drug-likeness (QED) is 0.645. The number of rotatable bonds is 3. The Morgan fingerprint density at radius 3 is 1.57 bits per heavy atom. The Hall–Kier alpha value is -2.62. The van der Waals surface area contributed by atoms with E-state index in [2.05, 4.69) is 0 Å². The van der Waals surface area contributed by atoms with Gasteiger partial charge in [-0.3, -0.25) is 9.59 Å². The summed E-state index contributed by atoms with van der Waals surface area (Å²) in [6.45, 7) is 3.11. The van der Waals surface area contributed by atoms with E-state index in [4.69, 9.17) is 9.47 Å². The smallest absolute Gasteiger partial charge is 0.324 e. The van der Waals surface area contributed by atoms with Crippen LogP contribution in [0, 0.1) is 5.92 Å². The Morgan fingerprint density at radius 2 is 1.17 bits per heavy atom. The monoisotopic (exact) mass is 310 g/mol. The standard InChI is InChI=1S/C19H18O4/c1-19(2)22-17(20)16(18(21)23-19)15(13-9-5-3-6-10-13)14-11-7-4-8-12-14/h3-12,15-16H,1-2H3.